The second-order valence-corrected chi connectivity index (χ2v) is 8.55. The summed E-state index contributed by atoms with van der Waals surface area (Å²) >= 11 is 0. The third kappa shape index (κ3) is 3.71. The minimum absolute atomic E-state index is 0.0114. The zero-order valence-electron chi connectivity index (χ0n) is 17.4. The van der Waals surface area contributed by atoms with E-state index in [4.69, 9.17) is 0 Å². The number of anilines is 1. The fourth-order valence-corrected chi connectivity index (χ4v) is 4.49. The molecule has 4 aromatic rings. The van der Waals surface area contributed by atoms with Crippen LogP contribution in [-0.2, 0) is 4.79 Å². The number of H-pyrrole nitrogens is 1. The Morgan fingerprint density at radius 3 is 2.90 bits per heavy atom. The average molecular weight is 421 g/mol. The number of rotatable bonds is 4. The van der Waals surface area contributed by atoms with Gasteiger partial charge in [0.15, 0.2) is 11.5 Å². The molecule has 5 rings (SSSR count). The van der Waals surface area contributed by atoms with Crippen molar-refractivity contribution in [3.05, 3.63) is 42.9 Å². The number of nitrogens with zero attached hydrogens (tertiary/aromatic N) is 4. The predicted octanol–water partition coefficient (Wildman–Crippen LogP) is 3.66. The molecule has 1 saturated carbocycles. The highest BCUT2D eigenvalue weighted by atomic mass is 19.1. The van der Waals surface area contributed by atoms with Gasteiger partial charge in [0.05, 0.1) is 0 Å². The molecule has 1 fully saturated rings. The lowest BCUT2D eigenvalue weighted by Crippen LogP contribution is -2.49. The third-order valence-corrected chi connectivity index (χ3v) is 6.09. The topological polar surface area (TPSA) is 100 Å². The molecule has 1 aliphatic rings. The van der Waals surface area contributed by atoms with E-state index in [1.807, 2.05) is 12.4 Å². The maximum Gasteiger partial charge on any atom is 0.224 e. The van der Waals surface area contributed by atoms with Gasteiger partial charge in [-0.25, -0.2) is 14.4 Å². The fraction of sp³-hybridized carbons (Fsp3) is 0.364. The lowest BCUT2D eigenvalue weighted by molar-refractivity contribution is -0.121. The summed E-state index contributed by atoms with van der Waals surface area (Å²) in [5, 5.41) is 7.30. The van der Waals surface area contributed by atoms with Crippen LogP contribution in [0.5, 0.6) is 0 Å². The van der Waals surface area contributed by atoms with Gasteiger partial charge in [0, 0.05) is 66.0 Å². The van der Waals surface area contributed by atoms with Crippen molar-refractivity contribution < 1.29 is 9.18 Å². The zero-order chi connectivity index (χ0) is 21.6. The Kier molecular flexibility index (Phi) is 4.60. The normalized spacial score (nSPS) is 21.5. The van der Waals surface area contributed by atoms with Crippen LogP contribution in [0.2, 0.25) is 0 Å². The second kappa shape index (κ2) is 7.33. The Hall–Kier alpha value is -3.49. The lowest BCUT2D eigenvalue weighted by atomic mass is 9.81. The van der Waals surface area contributed by atoms with E-state index in [9.17, 15) is 9.18 Å². The number of nitrogens with one attached hydrogen (secondary N) is 3. The molecule has 8 nitrogen and oxygen atoms in total. The first-order valence-corrected chi connectivity index (χ1v) is 10.4. The van der Waals surface area contributed by atoms with Gasteiger partial charge in [-0.1, -0.05) is 0 Å². The average Bonchev–Trinajstić information content (AvgIpc) is 3.36. The van der Waals surface area contributed by atoms with Gasteiger partial charge in [-0.05, 0) is 38.7 Å². The van der Waals surface area contributed by atoms with Crippen LogP contribution in [0.15, 0.2) is 37.1 Å². The third-order valence-electron chi connectivity index (χ3n) is 6.09. The van der Waals surface area contributed by atoms with Crippen LogP contribution in [-0.4, -0.2) is 41.8 Å². The molecule has 4 heterocycles. The zero-order valence-corrected chi connectivity index (χ0v) is 17.4. The largest absolute Gasteiger partial charge is 0.351 e. The van der Waals surface area contributed by atoms with Crippen molar-refractivity contribution in [1.82, 2.24) is 29.7 Å². The van der Waals surface area contributed by atoms with Crippen molar-refractivity contribution in [3.8, 4) is 11.1 Å². The highest BCUT2D eigenvalue weighted by molar-refractivity contribution is 5.93. The number of hydrogen-bond donors (Lipinski definition) is 3. The molecule has 0 bridgehead atoms. The summed E-state index contributed by atoms with van der Waals surface area (Å²) in [4.78, 5) is 27.7. The van der Waals surface area contributed by atoms with E-state index in [-0.39, 0.29) is 23.3 Å². The van der Waals surface area contributed by atoms with E-state index in [0.29, 0.717) is 17.2 Å². The minimum atomic E-state index is -0.375. The molecule has 4 aromatic heterocycles. The Morgan fingerprint density at radius 1 is 1.32 bits per heavy atom. The Labute approximate surface area is 178 Å². The molecular weight excluding hydrogens is 397 g/mol. The predicted molar refractivity (Wildman–Crippen MR) is 116 cm³/mol. The molecular formula is C22H24FN7O. The number of pyridine rings is 1. The molecule has 0 radical (unpaired) electrons. The molecule has 3 N–H and O–H groups in total. The second-order valence-electron chi connectivity index (χ2n) is 8.55. The maximum absolute atomic E-state index is 14.4. The number of amides is 1. The van der Waals surface area contributed by atoms with Crippen LogP contribution in [0.4, 0.5) is 10.3 Å². The molecule has 0 spiro atoms. The molecule has 160 valence electrons. The summed E-state index contributed by atoms with van der Waals surface area (Å²) < 4.78 is 16.0. The number of carbonyl (C=O) groups excluding carboxylic acids is 1. The number of aromatic nitrogens is 5. The number of aromatic amines is 1. The number of carbonyl (C=O) groups is 1. The summed E-state index contributed by atoms with van der Waals surface area (Å²) in [5.41, 5.74) is 2.41. The SMILES string of the molecule is CC(=O)NC1(C)CCC(Nc2ncc3c(-c4cc(F)c5nccn5c4)c[nH]c3n2)CC1. The molecule has 1 aliphatic carbocycles. The van der Waals surface area contributed by atoms with Gasteiger partial charge in [0.2, 0.25) is 11.9 Å². The van der Waals surface area contributed by atoms with Gasteiger partial charge in [0.25, 0.3) is 0 Å². The summed E-state index contributed by atoms with van der Waals surface area (Å²) in [6.07, 6.45) is 12.4. The van der Waals surface area contributed by atoms with Crippen LogP contribution >= 0.6 is 0 Å². The first kappa shape index (κ1) is 19.5. The fourth-order valence-electron chi connectivity index (χ4n) is 4.49. The van der Waals surface area contributed by atoms with E-state index in [1.165, 1.54) is 6.07 Å². The summed E-state index contributed by atoms with van der Waals surface area (Å²) in [5.74, 6) is 0.196. The van der Waals surface area contributed by atoms with Crippen LogP contribution < -0.4 is 10.6 Å². The molecule has 0 aromatic carbocycles. The smallest absolute Gasteiger partial charge is 0.224 e. The van der Waals surface area contributed by atoms with Gasteiger partial charge in [-0.15, -0.1) is 0 Å². The van der Waals surface area contributed by atoms with E-state index in [0.717, 1.165) is 42.2 Å². The molecule has 1 amide bonds. The lowest BCUT2D eigenvalue weighted by Gasteiger charge is -2.38. The van der Waals surface area contributed by atoms with Gasteiger partial charge in [0.1, 0.15) is 5.65 Å². The first-order valence-electron chi connectivity index (χ1n) is 10.4. The number of imidazole rings is 1. The quantitative estimate of drug-likeness (QED) is 0.467. The van der Waals surface area contributed by atoms with E-state index < -0.39 is 0 Å². The van der Waals surface area contributed by atoms with Gasteiger partial charge in [-0.3, -0.25) is 4.79 Å². The Bertz CT molecular complexity index is 1270. The van der Waals surface area contributed by atoms with Gasteiger partial charge >= 0.3 is 0 Å². The standard InChI is InChI=1S/C22H24FN7O/c1-13(31)29-22(2)5-3-15(4-6-22)27-21-26-11-17-16(10-25-19(17)28-21)14-9-18(23)20-24-7-8-30(20)12-14/h7-12,15H,3-6H2,1-2H3,(H,29,31)(H2,25,26,27,28). The Balaban J connectivity index is 1.34. The van der Waals surface area contributed by atoms with Gasteiger partial charge < -0.3 is 20.0 Å². The molecule has 31 heavy (non-hydrogen) atoms. The maximum atomic E-state index is 14.4. The van der Waals surface area contributed by atoms with Crippen molar-refractivity contribution in [1.29, 1.82) is 0 Å². The number of hydrogen-bond acceptors (Lipinski definition) is 5. The monoisotopic (exact) mass is 421 g/mol. The summed E-state index contributed by atoms with van der Waals surface area (Å²) in [6.45, 7) is 3.66. The van der Waals surface area contributed by atoms with Crippen LogP contribution in [0.25, 0.3) is 27.8 Å². The van der Waals surface area contributed by atoms with E-state index in [1.54, 1.807) is 29.9 Å². The highest BCUT2D eigenvalue weighted by Gasteiger charge is 2.31. The minimum Gasteiger partial charge on any atom is -0.351 e. The summed E-state index contributed by atoms with van der Waals surface area (Å²) in [6, 6.07) is 1.73. The van der Waals surface area contributed by atoms with E-state index in [2.05, 4.69) is 37.5 Å². The molecule has 0 atom stereocenters. The van der Waals surface area contributed by atoms with Crippen LogP contribution in [0.3, 0.4) is 0 Å². The first-order chi connectivity index (χ1) is 14.9. The number of fused-ring (bicyclic) bond motifs is 2. The van der Waals surface area contributed by atoms with Crippen molar-refractivity contribution in [2.24, 2.45) is 0 Å². The Morgan fingerprint density at radius 2 is 2.13 bits per heavy atom. The van der Waals surface area contributed by atoms with Crippen molar-refractivity contribution in [3.63, 3.8) is 0 Å². The molecule has 0 saturated heterocycles. The van der Waals surface area contributed by atoms with Gasteiger partial charge in [-0.2, -0.15) is 4.98 Å². The molecule has 9 heteroatoms. The molecule has 0 aliphatic heterocycles. The summed E-state index contributed by atoms with van der Waals surface area (Å²) in [7, 11) is 0. The van der Waals surface area contributed by atoms with Crippen molar-refractivity contribution >= 4 is 28.5 Å². The van der Waals surface area contributed by atoms with Crippen molar-refractivity contribution in [2.75, 3.05) is 5.32 Å². The van der Waals surface area contributed by atoms with Crippen LogP contribution in [0.1, 0.15) is 39.5 Å². The highest BCUT2D eigenvalue weighted by Crippen LogP contribution is 2.31. The molecule has 0 unspecified atom stereocenters. The van der Waals surface area contributed by atoms with Crippen LogP contribution in [0, 0.1) is 5.82 Å². The van der Waals surface area contributed by atoms with Crippen molar-refractivity contribution in [2.45, 2.75) is 51.1 Å². The number of halogens is 1. The van der Waals surface area contributed by atoms with E-state index >= 15 is 0 Å².